The molecule has 1 saturated heterocycles. The number of nitrogens with zero attached hydrogens (tertiary/aromatic N) is 4. The van der Waals surface area contributed by atoms with Gasteiger partial charge in [-0.25, -0.2) is 4.98 Å². The summed E-state index contributed by atoms with van der Waals surface area (Å²) >= 11 is 0. The van der Waals surface area contributed by atoms with Crippen molar-refractivity contribution in [2.24, 2.45) is 5.92 Å². The van der Waals surface area contributed by atoms with Gasteiger partial charge in [0.1, 0.15) is 11.5 Å². The van der Waals surface area contributed by atoms with E-state index in [1.807, 2.05) is 7.05 Å². The number of piperidine rings is 1. The van der Waals surface area contributed by atoms with Crippen LogP contribution < -0.4 is 5.73 Å². The van der Waals surface area contributed by atoms with Gasteiger partial charge in [-0.1, -0.05) is 0 Å². The Balaban J connectivity index is 1.92. The maximum atomic E-state index is 12.2. The molecule has 0 unspecified atom stereocenters. The summed E-state index contributed by atoms with van der Waals surface area (Å²) in [4.78, 5) is 24.2. The lowest BCUT2D eigenvalue weighted by molar-refractivity contribution is 0.0741. The third-order valence-corrected chi connectivity index (χ3v) is 3.59. The predicted octanol–water partition coefficient (Wildman–Crippen LogP) is 0.473. The van der Waals surface area contributed by atoms with E-state index in [4.69, 9.17) is 5.73 Å². The first kappa shape index (κ1) is 13.7. The lowest BCUT2D eigenvalue weighted by Gasteiger charge is -2.31. The summed E-state index contributed by atoms with van der Waals surface area (Å²) in [5.74, 6) is 0.733. The molecule has 1 fully saturated rings. The molecule has 0 aliphatic carbocycles. The first-order chi connectivity index (χ1) is 9.06. The van der Waals surface area contributed by atoms with Crippen LogP contribution in [0, 0.1) is 5.92 Å². The van der Waals surface area contributed by atoms with Crippen LogP contribution in [0.4, 0.5) is 5.82 Å². The number of nitrogens with two attached hydrogens (primary N) is 1. The summed E-state index contributed by atoms with van der Waals surface area (Å²) in [6.07, 6.45) is 5.17. The minimum atomic E-state index is -0.112. The number of hydrogen-bond donors (Lipinski definition) is 1. The van der Waals surface area contributed by atoms with E-state index in [-0.39, 0.29) is 11.7 Å². The van der Waals surface area contributed by atoms with Crippen molar-refractivity contribution in [1.29, 1.82) is 0 Å². The number of carbonyl (C=O) groups excluding carboxylic acids is 1. The Bertz CT molecular complexity index is 442. The monoisotopic (exact) mass is 263 g/mol. The highest BCUT2D eigenvalue weighted by molar-refractivity contribution is 5.92. The maximum Gasteiger partial charge on any atom is 0.273 e. The molecule has 0 saturated carbocycles. The van der Waals surface area contributed by atoms with Gasteiger partial charge >= 0.3 is 0 Å². The van der Waals surface area contributed by atoms with Crippen molar-refractivity contribution in [3.8, 4) is 0 Å². The topological polar surface area (TPSA) is 75.3 Å². The Labute approximate surface area is 113 Å². The second-order valence-corrected chi connectivity index (χ2v) is 5.26. The SMILES string of the molecule is CN1CCC(CN(C)C(=O)c2cncc(N)n2)CC1. The Kier molecular flexibility index (Phi) is 4.31. The fraction of sp³-hybridized carbons (Fsp3) is 0.615. The molecule has 1 aliphatic heterocycles. The fourth-order valence-electron chi connectivity index (χ4n) is 2.39. The van der Waals surface area contributed by atoms with Gasteiger partial charge < -0.3 is 15.5 Å². The molecule has 1 aromatic heterocycles. The molecule has 19 heavy (non-hydrogen) atoms. The van der Waals surface area contributed by atoms with Crippen LogP contribution in [0.25, 0.3) is 0 Å². The zero-order chi connectivity index (χ0) is 13.8. The van der Waals surface area contributed by atoms with Gasteiger partial charge in [-0.3, -0.25) is 9.78 Å². The van der Waals surface area contributed by atoms with Crippen LogP contribution >= 0.6 is 0 Å². The van der Waals surface area contributed by atoms with Gasteiger partial charge in [0.25, 0.3) is 5.91 Å². The smallest absolute Gasteiger partial charge is 0.273 e. The lowest BCUT2D eigenvalue weighted by atomic mass is 9.96. The number of rotatable bonds is 3. The van der Waals surface area contributed by atoms with E-state index in [0.717, 1.165) is 32.5 Å². The van der Waals surface area contributed by atoms with Crippen molar-refractivity contribution < 1.29 is 4.79 Å². The van der Waals surface area contributed by atoms with Crippen molar-refractivity contribution >= 4 is 11.7 Å². The molecule has 0 spiro atoms. The van der Waals surface area contributed by atoms with Crippen LogP contribution in [0.5, 0.6) is 0 Å². The Morgan fingerprint density at radius 3 is 2.79 bits per heavy atom. The standard InChI is InChI=1S/C13H21N5O/c1-17-5-3-10(4-6-17)9-18(2)13(19)11-7-15-8-12(14)16-11/h7-8,10H,3-6,9H2,1-2H3,(H2,14,16). The minimum Gasteiger partial charge on any atom is -0.382 e. The van der Waals surface area contributed by atoms with Gasteiger partial charge in [0.15, 0.2) is 0 Å². The van der Waals surface area contributed by atoms with E-state index in [1.54, 1.807) is 4.90 Å². The fourth-order valence-corrected chi connectivity index (χ4v) is 2.39. The largest absolute Gasteiger partial charge is 0.382 e. The van der Waals surface area contributed by atoms with Gasteiger partial charge in [-0.2, -0.15) is 0 Å². The number of nitrogen functional groups attached to an aromatic ring is 1. The number of hydrogen-bond acceptors (Lipinski definition) is 5. The molecular weight excluding hydrogens is 242 g/mol. The van der Waals surface area contributed by atoms with Crippen molar-refractivity contribution in [2.75, 3.05) is 39.5 Å². The predicted molar refractivity (Wildman–Crippen MR) is 73.6 cm³/mol. The molecule has 0 radical (unpaired) electrons. The first-order valence-electron chi connectivity index (χ1n) is 6.58. The van der Waals surface area contributed by atoms with Gasteiger partial charge in [-0.05, 0) is 38.9 Å². The quantitative estimate of drug-likeness (QED) is 0.858. The third-order valence-electron chi connectivity index (χ3n) is 3.59. The average Bonchev–Trinajstić information content (AvgIpc) is 2.40. The molecule has 6 nitrogen and oxygen atoms in total. The van der Waals surface area contributed by atoms with Gasteiger partial charge in [0.2, 0.25) is 0 Å². The van der Waals surface area contributed by atoms with Crippen molar-refractivity contribution in [2.45, 2.75) is 12.8 Å². The molecule has 0 aromatic carbocycles. The summed E-state index contributed by atoms with van der Waals surface area (Å²) in [5, 5.41) is 0. The molecular formula is C13H21N5O. The Hall–Kier alpha value is -1.69. The molecule has 104 valence electrons. The minimum absolute atomic E-state index is 0.112. The van der Waals surface area contributed by atoms with E-state index < -0.39 is 0 Å². The Morgan fingerprint density at radius 1 is 1.47 bits per heavy atom. The Morgan fingerprint density at radius 2 is 2.16 bits per heavy atom. The summed E-state index contributed by atoms with van der Waals surface area (Å²) in [5.41, 5.74) is 5.86. The van der Waals surface area contributed by atoms with Crippen LogP contribution in [-0.2, 0) is 0 Å². The van der Waals surface area contributed by atoms with Gasteiger partial charge in [0.05, 0.1) is 12.4 Å². The summed E-state index contributed by atoms with van der Waals surface area (Å²) in [7, 11) is 3.94. The number of anilines is 1. The number of likely N-dealkylation sites (tertiary alicyclic amines) is 1. The summed E-state index contributed by atoms with van der Waals surface area (Å²) in [6, 6.07) is 0. The van der Waals surface area contributed by atoms with Crippen LogP contribution in [0.2, 0.25) is 0 Å². The number of aromatic nitrogens is 2. The maximum absolute atomic E-state index is 12.2. The second kappa shape index (κ2) is 5.97. The number of carbonyl (C=O) groups is 1. The molecule has 1 aromatic rings. The van der Waals surface area contributed by atoms with Crippen LogP contribution in [0.15, 0.2) is 12.4 Å². The van der Waals surface area contributed by atoms with E-state index in [1.165, 1.54) is 12.4 Å². The van der Waals surface area contributed by atoms with Crippen molar-refractivity contribution in [3.63, 3.8) is 0 Å². The van der Waals surface area contributed by atoms with E-state index in [9.17, 15) is 4.79 Å². The highest BCUT2D eigenvalue weighted by atomic mass is 16.2. The van der Waals surface area contributed by atoms with E-state index in [0.29, 0.717) is 11.6 Å². The zero-order valence-corrected chi connectivity index (χ0v) is 11.5. The molecule has 0 atom stereocenters. The molecule has 0 bridgehead atoms. The first-order valence-corrected chi connectivity index (χ1v) is 6.58. The molecule has 1 amide bonds. The van der Waals surface area contributed by atoms with Crippen molar-refractivity contribution in [1.82, 2.24) is 19.8 Å². The highest BCUT2D eigenvalue weighted by Gasteiger charge is 2.21. The molecule has 2 N–H and O–H groups in total. The van der Waals surface area contributed by atoms with Crippen LogP contribution in [0.3, 0.4) is 0 Å². The van der Waals surface area contributed by atoms with E-state index >= 15 is 0 Å². The summed E-state index contributed by atoms with van der Waals surface area (Å²) < 4.78 is 0. The summed E-state index contributed by atoms with van der Waals surface area (Å²) in [6.45, 7) is 2.97. The zero-order valence-electron chi connectivity index (χ0n) is 11.5. The highest BCUT2D eigenvalue weighted by Crippen LogP contribution is 2.17. The normalized spacial score (nSPS) is 17.4. The van der Waals surface area contributed by atoms with Gasteiger partial charge in [0, 0.05) is 13.6 Å². The van der Waals surface area contributed by atoms with Crippen molar-refractivity contribution in [3.05, 3.63) is 18.1 Å². The number of amides is 1. The average molecular weight is 263 g/mol. The second-order valence-electron chi connectivity index (χ2n) is 5.26. The molecule has 1 aliphatic rings. The molecule has 2 heterocycles. The van der Waals surface area contributed by atoms with Gasteiger partial charge in [-0.15, -0.1) is 0 Å². The van der Waals surface area contributed by atoms with E-state index in [2.05, 4.69) is 21.9 Å². The lowest BCUT2D eigenvalue weighted by Crippen LogP contribution is -2.38. The van der Waals surface area contributed by atoms with Crippen LogP contribution in [-0.4, -0.2) is 59.4 Å². The molecule has 2 rings (SSSR count). The molecule has 6 heteroatoms. The third kappa shape index (κ3) is 3.64. The van der Waals surface area contributed by atoms with Crippen LogP contribution in [0.1, 0.15) is 23.3 Å².